The Hall–Kier alpha value is -2.12. The normalized spacial score (nSPS) is 35.6. The summed E-state index contributed by atoms with van der Waals surface area (Å²) in [6.07, 6.45) is -5.62. The van der Waals surface area contributed by atoms with Crippen molar-refractivity contribution in [3.63, 3.8) is 0 Å². The summed E-state index contributed by atoms with van der Waals surface area (Å²) in [7, 11) is 0. The maximum Gasteiger partial charge on any atom is 0.335 e. The van der Waals surface area contributed by atoms with Crippen molar-refractivity contribution in [1.29, 1.82) is 0 Å². The molecule has 0 unspecified atom stereocenters. The summed E-state index contributed by atoms with van der Waals surface area (Å²) in [6.45, 7) is 4.00. The van der Waals surface area contributed by atoms with Gasteiger partial charge in [0.05, 0.1) is 18.2 Å². The van der Waals surface area contributed by atoms with Crippen LogP contribution in [0.3, 0.4) is 0 Å². The summed E-state index contributed by atoms with van der Waals surface area (Å²) in [5, 5.41) is 57.0. The van der Waals surface area contributed by atoms with Crippen molar-refractivity contribution in [2.24, 2.45) is 11.3 Å². The molecule has 1 aliphatic heterocycles. The minimum absolute atomic E-state index is 0.116. The Morgan fingerprint density at radius 1 is 1.23 bits per heavy atom. The number of carboxylic acid groups (broad SMARTS) is 1. The molecule has 1 aromatic heterocycles. The summed E-state index contributed by atoms with van der Waals surface area (Å²) in [4.78, 5) is 15.5. The summed E-state index contributed by atoms with van der Waals surface area (Å²) in [5.41, 5.74) is -1.31. The molecule has 2 heterocycles. The number of hydrogen-bond donors (Lipinski definition) is 5. The number of aliphatic carboxylic acids is 1. The van der Waals surface area contributed by atoms with Crippen molar-refractivity contribution in [2.75, 3.05) is 0 Å². The summed E-state index contributed by atoms with van der Waals surface area (Å²) < 4.78 is 13.1. The van der Waals surface area contributed by atoms with Gasteiger partial charge in [0.15, 0.2) is 12.4 Å². The van der Waals surface area contributed by atoms with Gasteiger partial charge in [-0.2, -0.15) is 5.10 Å². The zero-order valence-corrected chi connectivity index (χ0v) is 20.1. The van der Waals surface area contributed by atoms with Crippen LogP contribution in [0.25, 0.3) is 0 Å². The Bertz CT molecular complexity index is 1020. The monoisotopic (exact) mass is 511 g/mol. The lowest BCUT2D eigenvalue weighted by atomic mass is 9.71. The molecule has 2 aliphatic rings. The van der Waals surface area contributed by atoms with E-state index in [1.807, 2.05) is 13.8 Å². The molecular weight excluding hydrogens is 482 g/mol. The molecule has 1 aromatic carbocycles. The van der Waals surface area contributed by atoms with Gasteiger partial charge in [0.1, 0.15) is 31.0 Å². The second-order valence-corrected chi connectivity index (χ2v) is 10.3. The molecule has 11 nitrogen and oxygen atoms in total. The van der Waals surface area contributed by atoms with Gasteiger partial charge in [-0.15, -0.1) is 0 Å². The van der Waals surface area contributed by atoms with Crippen LogP contribution in [0.4, 0.5) is 0 Å². The topological polar surface area (TPSA) is 167 Å². The Kier molecular flexibility index (Phi) is 7.22. The average Bonchev–Trinajstić information content (AvgIpc) is 3.38. The number of halogens is 1. The highest BCUT2D eigenvalue weighted by Gasteiger charge is 2.58. The minimum Gasteiger partial charge on any atom is -0.479 e. The first kappa shape index (κ1) is 26.0. The van der Waals surface area contributed by atoms with E-state index in [-0.39, 0.29) is 6.54 Å². The van der Waals surface area contributed by atoms with Gasteiger partial charge in [-0.1, -0.05) is 37.6 Å². The lowest BCUT2D eigenvalue weighted by Gasteiger charge is -2.45. The molecule has 5 N–H and O–H groups in total. The van der Waals surface area contributed by atoms with E-state index in [1.54, 1.807) is 24.3 Å². The van der Waals surface area contributed by atoms with Gasteiger partial charge in [0.2, 0.25) is 0 Å². The molecule has 8 atom stereocenters. The van der Waals surface area contributed by atoms with E-state index in [0.29, 0.717) is 23.4 Å². The highest BCUT2D eigenvalue weighted by Crippen LogP contribution is 2.55. The van der Waals surface area contributed by atoms with Gasteiger partial charge < -0.3 is 35.0 Å². The van der Waals surface area contributed by atoms with E-state index in [2.05, 4.69) is 10.1 Å². The number of aromatic nitrogens is 3. The second-order valence-electron chi connectivity index (χ2n) is 9.89. The number of nitrogens with zero attached hydrogens (tertiary/aromatic N) is 3. The number of benzene rings is 1. The number of carboxylic acids is 1. The van der Waals surface area contributed by atoms with Crippen LogP contribution in [-0.2, 0) is 20.8 Å². The first-order valence-electron chi connectivity index (χ1n) is 11.3. The van der Waals surface area contributed by atoms with Crippen LogP contribution in [-0.4, -0.2) is 82.6 Å². The van der Waals surface area contributed by atoms with E-state index >= 15 is 0 Å². The third-order valence-electron chi connectivity index (χ3n) is 7.39. The molecule has 1 saturated carbocycles. The number of hydrogen-bond acceptors (Lipinski definition) is 9. The maximum absolute atomic E-state index is 12.1. The zero-order chi connectivity index (χ0) is 25.5. The van der Waals surface area contributed by atoms with Crippen LogP contribution in [0.15, 0.2) is 36.9 Å². The predicted octanol–water partition coefficient (Wildman–Crippen LogP) is 0.749. The van der Waals surface area contributed by atoms with E-state index in [0.717, 1.165) is 0 Å². The quantitative estimate of drug-likeness (QED) is 0.357. The SMILES string of the molecule is CC1(C)CC[C@@H]([C@@H](O[C@H]2O[C@H](C(=O)O)[C@@H](O)[C@H](O)[C@H]2O)c2ccc(Cl)cc2)[C@]1(O)Cn1cncn1. The third kappa shape index (κ3) is 4.82. The van der Waals surface area contributed by atoms with Gasteiger partial charge in [-0.05, 0) is 36.0 Å². The molecule has 1 aliphatic carbocycles. The first-order chi connectivity index (χ1) is 16.4. The Morgan fingerprint density at radius 2 is 1.91 bits per heavy atom. The minimum atomic E-state index is -1.84. The maximum atomic E-state index is 12.1. The van der Waals surface area contributed by atoms with Crippen molar-refractivity contribution in [2.45, 2.75) is 75.6 Å². The molecule has 2 aromatic rings. The van der Waals surface area contributed by atoms with Crippen LogP contribution in [0.5, 0.6) is 0 Å². The van der Waals surface area contributed by atoms with Crippen molar-refractivity contribution in [3.05, 3.63) is 47.5 Å². The average molecular weight is 512 g/mol. The summed E-state index contributed by atoms with van der Waals surface area (Å²) >= 11 is 6.08. The number of aliphatic hydroxyl groups is 4. The predicted molar refractivity (Wildman–Crippen MR) is 121 cm³/mol. The van der Waals surface area contributed by atoms with E-state index < -0.39 is 59.7 Å². The van der Waals surface area contributed by atoms with E-state index in [9.17, 15) is 30.3 Å². The summed E-state index contributed by atoms with van der Waals surface area (Å²) in [5.74, 6) is -2.06. The molecule has 1 saturated heterocycles. The molecule has 192 valence electrons. The van der Waals surface area contributed by atoms with E-state index in [4.69, 9.17) is 21.1 Å². The van der Waals surface area contributed by atoms with Crippen LogP contribution in [0.1, 0.15) is 38.4 Å². The van der Waals surface area contributed by atoms with Crippen LogP contribution < -0.4 is 0 Å². The van der Waals surface area contributed by atoms with Gasteiger partial charge in [0.25, 0.3) is 0 Å². The lowest BCUT2D eigenvalue weighted by Crippen LogP contribution is -2.61. The fourth-order valence-electron chi connectivity index (χ4n) is 5.14. The van der Waals surface area contributed by atoms with Crippen LogP contribution in [0.2, 0.25) is 5.02 Å². The van der Waals surface area contributed by atoms with Gasteiger partial charge in [-0.25, -0.2) is 9.78 Å². The molecule has 0 spiro atoms. The Labute approximate surface area is 206 Å². The van der Waals surface area contributed by atoms with Crippen LogP contribution >= 0.6 is 11.6 Å². The number of ether oxygens (including phenoxy) is 2. The fraction of sp³-hybridized carbons (Fsp3) is 0.609. The zero-order valence-electron chi connectivity index (χ0n) is 19.3. The van der Waals surface area contributed by atoms with Gasteiger partial charge in [-0.3, -0.25) is 4.68 Å². The molecular formula is C23H30ClN3O8. The third-order valence-corrected chi connectivity index (χ3v) is 7.65. The largest absolute Gasteiger partial charge is 0.479 e. The van der Waals surface area contributed by atoms with E-state index in [1.165, 1.54) is 17.3 Å². The molecule has 35 heavy (non-hydrogen) atoms. The smallest absolute Gasteiger partial charge is 0.335 e. The molecule has 12 heteroatoms. The van der Waals surface area contributed by atoms with Gasteiger partial charge >= 0.3 is 5.97 Å². The highest BCUT2D eigenvalue weighted by molar-refractivity contribution is 6.30. The molecule has 0 radical (unpaired) electrons. The van der Waals surface area contributed by atoms with Crippen molar-refractivity contribution < 1.29 is 39.8 Å². The second kappa shape index (κ2) is 9.74. The number of aliphatic hydroxyl groups excluding tert-OH is 3. The fourth-order valence-corrected chi connectivity index (χ4v) is 5.26. The Morgan fingerprint density at radius 3 is 2.51 bits per heavy atom. The molecule has 2 fully saturated rings. The van der Waals surface area contributed by atoms with Gasteiger partial charge in [0, 0.05) is 10.9 Å². The standard InChI is InChI=1S/C23H30ClN3O8/c1-22(2)8-7-14(23(22,33)9-27-11-25-10-26-27)18(12-3-5-13(24)6-4-12)34-21-17(30)15(28)16(29)19(35-21)20(31)32/h3-6,10-11,14-19,21,28-30,33H,7-9H2,1-2H3,(H,31,32)/t14-,15-,16-,17+,18-,19-,21-,23+/m0/s1. The van der Waals surface area contributed by atoms with Crippen molar-refractivity contribution >= 4 is 17.6 Å². The van der Waals surface area contributed by atoms with Crippen LogP contribution in [0, 0.1) is 11.3 Å². The Balaban J connectivity index is 1.72. The van der Waals surface area contributed by atoms with Crippen molar-refractivity contribution in [1.82, 2.24) is 14.8 Å². The summed E-state index contributed by atoms with van der Waals surface area (Å²) in [6, 6.07) is 6.73. The molecule has 0 amide bonds. The first-order valence-corrected chi connectivity index (χ1v) is 11.7. The molecule has 4 rings (SSSR count). The number of rotatable bonds is 7. The molecule has 0 bridgehead atoms. The lowest BCUT2D eigenvalue weighted by molar-refractivity contribution is -0.314. The number of carbonyl (C=O) groups is 1. The van der Waals surface area contributed by atoms with Crippen molar-refractivity contribution in [3.8, 4) is 0 Å². The highest BCUT2D eigenvalue weighted by atomic mass is 35.5.